The van der Waals surface area contributed by atoms with Crippen molar-refractivity contribution >= 4 is 50.0 Å². The molecular weight excluding hydrogens is 478 g/mol. The van der Waals surface area contributed by atoms with Crippen molar-refractivity contribution in [3.63, 3.8) is 0 Å². The summed E-state index contributed by atoms with van der Waals surface area (Å²) in [7, 11) is 1.38. The smallest absolute Gasteiger partial charge is 0.425 e. The number of aliphatic hydroxyl groups excluding tert-OH is 1. The molecular formula is C27H19N3O7. The number of hydrogen-bond donors (Lipinski definition) is 1. The lowest BCUT2D eigenvalue weighted by atomic mass is 10.0. The van der Waals surface area contributed by atoms with E-state index in [0.717, 1.165) is 4.57 Å². The number of carbonyl (C=O) groups is 1. The normalized spacial score (nSPS) is 11.5. The zero-order valence-electron chi connectivity index (χ0n) is 19.5. The predicted molar refractivity (Wildman–Crippen MR) is 136 cm³/mol. The van der Waals surface area contributed by atoms with Gasteiger partial charge in [-0.25, -0.2) is 14.3 Å². The van der Waals surface area contributed by atoms with Gasteiger partial charge in [0.2, 0.25) is 0 Å². The van der Waals surface area contributed by atoms with E-state index in [-0.39, 0.29) is 46.3 Å². The summed E-state index contributed by atoms with van der Waals surface area (Å²) in [5.74, 6) is 0.696. The van der Waals surface area contributed by atoms with Crippen molar-refractivity contribution in [3.8, 4) is 11.5 Å². The van der Waals surface area contributed by atoms with Crippen LogP contribution in [0.4, 0.5) is 4.79 Å². The van der Waals surface area contributed by atoms with E-state index in [0.29, 0.717) is 22.3 Å². The lowest BCUT2D eigenvalue weighted by molar-refractivity contribution is 0.201. The Balaban J connectivity index is 1.81. The first-order chi connectivity index (χ1) is 18.0. The van der Waals surface area contributed by atoms with Crippen LogP contribution in [0.5, 0.6) is 11.5 Å². The molecule has 6 rings (SSSR count). The van der Waals surface area contributed by atoms with Crippen LogP contribution in [0.25, 0.3) is 43.9 Å². The summed E-state index contributed by atoms with van der Waals surface area (Å²) < 4.78 is 19.6. The topological polar surface area (TPSA) is 126 Å². The Labute approximate surface area is 207 Å². The average molecular weight is 497 g/mol. The van der Waals surface area contributed by atoms with Crippen molar-refractivity contribution in [2.75, 3.05) is 13.2 Å². The second kappa shape index (κ2) is 8.61. The van der Waals surface area contributed by atoms with Gasteiger partial charge in [-0.2, -0.15) is 0 Å². The van der Waals surface area contributed by atoms with Gasteiger partial charge in [-0.1, -0.05) is 18.2 Å². The summed E-state index contributed by atoms with van der Waals surface area (Å²) in [5, 5.41) is 10.2. The highest BCUT2D eigenvalue weighted by molar-refractivity contribution is 6.24. The first kappa shape index (κ1) is 22.5. The van der Waals surface area contributed by atoms with Crippen molar-refractivity contribution in [1.29, 1.82) is 0 Å². The molecule has 3 aromatic carbocycles. The monoisotopic (exact) mass is 497 g/mol. The van der Waals surface area contributed by atoms with E-state index in [2.05, 4.69) is 4.98 Å². The molecule has 0 unspecified atom stereocenters. The predicted octanol–water partition coefficient (Wildman–Crippen LogP) is 3.57. The third-order valence-corrected chi connectivity index (χ3v) is 6.13. The van der Waals surface area contributed by atoms with Crippen LogP contribution in [0, 0.1) is 0 Å². The Morgan fingerprint density at radius 2 is 1.76 bits per heavy atom. The molecule has 10 nitrogen and oxygen atoms in total. The summed E-state index contributed by atoms with van der Waals surface area (Å²) in [6.45, 7) is -0.156. The van der Waals surface area contributed by atoms with Gasteiger partial charge in [-0.3, -0.25) is 14.2 Å². The Morgan fingerprint density at radius 3 is 2.54 bits per heavy atom. The van der Waals surface area contributed by atoms with Crippen molar-refractivity contribution in [3.05, 3.63) is 87.6 Å². The standard InChI is InChI=1S/C27H19N3O7/c1-29-25(32)20-18-14-16(35-13-12-31)9-10-17(18)22-23(21(20)26(29)33)37-19-8-5-11-28-24(19)30(22)27(34)36-15-6-3-2-4-7-15/h2-11,14,31H,12-13H2,1H3. The highest BCUT2D eigenvalue weighted by Crippen LogP contribution is 2.36. The molecule has 37 heavy (non-hydrogen) atoms. The first-order valence-electron chi connectivity index (χ1n) is 11.4. The molecule has 0 aliphatic rings. The molecule has 3 heterocycles. The maximum atomic E-state index is 13.6. The summed E-state index contributed by atoms with van der Waals surface area (Å²) in [6.07, 6.45) is 0.733. The maximum Gasteiger partial charge on any atom is 0.425 e. The SMILES string of the molecule is Cn1c(=O)c2c3cc(OCCO)ccc3c3c(oc4cccnc4n3C(=O)Oc3ccccc3)c2c1=O. The van der Waals surface area contributed by atoms with Crippen LogP contribution in [0.1, 0.15) is 0 Å². The van der Waals surface area contributed by atoms with Crippen LogP contribution in [0.3, 0.4) is 0 Å². The number of hydrogen-bond acceptors (Lipinski definition) is 8. The fraction of sp³-hybridized carbons (Fsp3) is 0.111. The van der Waals surface area contributed by atoms with E-state index in [4.69, 9.17) is 19.0 Å². The molecule has 184 valence electrons. The number of carbonyl (C=O) groups excluding carboxylic acids is 1. The number of para-hydroxylation sites is 1. The lowest BCUT2D eigenvalue weighted by Gasteiger charge is -2.15. The average Bonchev–Trinajstić information content (AvgIpc) is 3.15. The van der Waals surface area contributed by atoms with Gasteiger partial charge in [0.25, 0.3) is 11.1 Å². The molecule has 0 saturated carbocycles. The van der Waals surface area contributed by atoms with Crippen LogP contribution in [0.15, 0.2) is 80.9 Å². The third-order valence-electron chi connectivity index (χ3n) is 6.13. The third kappa shape index (κ3) is 3.46. The summed E-state index contributed by atoms with van der Waals surface area (Å²) in [4.78, 5) is 44.5. The van der Waals surface area contributed by atoms with Crippen LogP contribution < -0.4 is 20.6 Å². The van der Waals surface area contributed by atoms with Gasteiger partial charge in [-0.05, 0) is 42.5 Å². The molecule has 0 bridgehead atoms. The molecule has 3 aromatic heterocycles. The number of rotatable bonds is 4. The van der Waals surface area contributed by atoms with E-state index in [1.807, 2.05) is 0 Å². The molecule has 0 aliphatic heterocycles. The molecule has 0 fully saturated rings. The molecule has 0 atom stereocenters. The molecule has 0 spiro atoms. The molecule has 0 aliphatic carbocycles. The molecule has 0 radical (unpaired) electrons. The van der Waals surface area contributed by atoms with E-state index in [1.165, 1.54) is 17.8 Å². The van der Waals surface area contributed by atoms with Crippen molar-refractivity contribution in [2.45, 2.75) is 0 Å². The second-order valence-electron chi connectivity index (χ2n) is 8.32. The Kier molecular flexibility index (Phi) is 5.24. The van der Waals surface area contributed by atoms with Crippen LogP contribution in [-0.4, -0.2) is 38.5 Å². The van der Waals surface area contributed by atoms with Crippen molar-refractivity contribution in [2.24, 2.45) is 7.05 Å². The summed E-state index contributed by atoms with van der Waals surface area (Å²) in [6, 6.07) is 16.7. The Morgan fingerprint density at radius 1 is 0.973 bits per heavy atom. The molecule has 10 heteroatoms. The van der Waals surface area contributed by atoms with Crippen LogP contribution in [-0.2, 0) is 7.05 Å². The Bertz CT molecular complexity index is 1970. The highest BCUT2D eigenvalue weighted by atomic mass is 16.6. The largest absolute Gasteiger partial charge is 0.491 e. The van der Waals surface area contributed by atoms with Crippen LogP contribution >= 0.6 is 0 Å². The van der Waals surface area contributed by atoms with E-state index < -0.39 is 17.2 Å². The van der Waals surface area contributed by atoms with Gasteiger partial charge < -0.3 is 19.0 Å². The zero-order chi connectivity index (χ0) is 25.7. The van der Waals surface area contributed by atoms with Gasteiger partial charge in [0.15, 0.2) is 16.8 Å². The zero-order valence-corrected chi connectivity index (χ0v) is 19.5. The molecule has 1 N–H and O–H groups in total. The van der Waals surface area contributed by atoms with Crippen molar-refractivity contribution in [1.82, 2.24) is 14.1 Å². The van der Waals surface area contributed by atoms with E-state index >= 15 is 0 Å². The molecule has 6 aromatic rings. The second-order valence-corrected chi connectivity index (χ2v) is 8.32. The van der Waals surface area contributed by atoms with Gasteiger partial charge in [-0.15, -0.1) is 0 Å². The van der Waals surface area contributed by atoms with E-state index in [9.17, 15) is 14.4 Å². The summed E-state index contributed by atoms with van der Waals surface area (Å²) in [5.41, 5.74) is -0.414. The van der Waals surface area contributed by atoms with Gasteiger partial charge in [0, 0.05) is 24.0 Å². The number of aromatic nitrogens is 3. The minimum absolute atomic E-state index is 0.0290. The maximum absolute atomic E-state index is 13.6. The number of benzene rings is 3. The number of nitrogens with zero attached hydrogens (tertiary/aromatic N) is 3. The first-order valence-corrected chi connectivity index (χ1v) is 11.4. The summed E-state index contributed by atoms with van der Waals surface area (Å²) >= 11 is 0. The van der Waals surface area contributed by atoms with Gasteiger partial charge in [0.1, 0.15) is 23.6 Å². The highest BCUT2D eigenvalue weighted by Gasteiger charge is 2.26. The minimum atomic E-state index is -0.775. The number of aliphatic hydroxyl groups is 1. The molecule has 0 saturated heterocycles. The number of fused-ring (bicyclic) bond motifs is 7. The van der Waals surface area contributed by atoms with Crippen molar-refractivity contribution < 1.29 is 23.8 Å². The fourth-order valence-electron chi connectivity index (χ4n) is 4.51. The number of ether oxygens (including phenoxy) is 2. The number of pyridine rings is 1. The fourth-order valence-corrected chi connectivity index (χ4v) is 4.51. The molecule has 0 amide bonds. The quantitative estimate of drug-likeness (QED) is 0.289. The van der Waals surface area contributed by atoms with Crippen LogP contribution in [0.2, 0.25) is 0 Å². The minimum Gasteiger partial charge on any atom is -0.491 e. The Hall–Kier alpha value is -4.96. The van der Waals surface area contributed by atoms with Gasteiger partial charge in [0.05, 0.1) is 17.4 Å². The van der Waals surface area contributed by atoms with E-state index in [1.54, 1.807) is 60.7 Å². The van der Waals surface area contributed by atoms with Gasteiger partial charge >= 0.3 is 6.09 Å². The lowest BCUT2D eigenvalue weighted by Crippen LogP contribution is -2.21.